The average molecular weight is 240 g/mol. The summed E-state index contributed by atoms with van der Waals surface area (Å²) >= 11 is 0. The molecule has 1 rings (SSSR count). The van der Waals surface area contributed by atoms with Gasteiger partial charge >= 0.3 is 0 Å². The van der Waals surface area contributed by atoms with Crippen LogP contribution >= 0.6 is 0 Å². The normalized spacial score (nSPS) is 9.33. The van der Waals surface area contributed by atoms with E-state index in [1.54, 1.807) is 13.3 Å². The minimum atomic E-state index is 0.479. The fourth-order valence-corrected chi connectivity index (χ4v) is 1.34. The second-order valence-corrected chi connectivity index (χ2v) is 3.40. The lowest BCUT2D eigenvalue weighted by atomic mass is 10.1. The van der Waals surface area contributed by atoms with E-state index in [9.17, 15) is 0 Å². The van der Waals surface area contributed by atoms with Crippen LogP contribution in [0.25, 0.3) is 0 Å². The SMILES string of the molecule is C#CCC#CCN/N=C/Cc1ccccc1OC. The van der Waals surface area contributed by atoms with E-state index in [0.717, 1.165) is 17.7 Å². The number of rotatable bonds is 5. The number of benzene rings is 1. The van der Waals surface area contributed by atoms with E-state index >= 15 is 0 Å². The van der Waals surface area contributed by atoms with Crippen molar-refractivity contribution in [1.82, 2.24) is 5.43 Å². The molecule has 18 heavy (non-hydrogen) atoms. The van der Waals surface area contributed by atoms with Crippen LogP contribution in [-0.4, -0.2) is 19.9 Å². The van der Waals surface area contributed by atoms with Gasteiger partial charge in [-0.1, -0.05) is 36.0 Å². The fourth-order valence-electron chi connectivity index (χ4n) is 1.34. The number of nitrogens with zero attached hydrogens (tertiary/aromatic N) is 1. The van der Waals surface area contributed by atoms with Gasteiger partial charge in [0.1, 0.15) is 5.75 Å². The lowest BCUT2D eigenvalue weighted by Gasteiger charge is -2.04. The van der Waals surface area contributed by atoms with Crippen LogP contribution in [0.4, 0.5) is 0 Å². The second kappa shape index (κ2) is 8.73. The summed E-state index contributed by atoms with van der Waals surface area (Å²) in [5.41, 5.74) is 3.94. The molecule has 0 fully saturated rings. The van der Waals surface area contributed by atoms with E-state index in [1.165, 1.54) is 0 Å². The summed E-state index contributed by atoms with van der Waals surface area (Å²) < 4.78 is 5.24. The lowest BCUT2D eigenvalue weighted by molar-refractivity contribution is 0.411. The van der Waals surface area contributed by atoms with Crippen molar-refractivity contribution in [3.05, 3.63) is 29.8 Å². The number of hydrogen-bond acceptors (Lipinski definition) is 3. The zero-order valence-electron chi connectivity index (χ0n) is 10.4. The number of ether oxygens (including phenoxy) is 1. The number of para-hydroxylation sites is 1. The first-order valence-electron chi connectivity index (χ1n) is 5.64. The minimum absolute atomic E-state index is 0.479. The van der Waals surface area contributed by atoms with Crippen LogP contribution in [0.2, 0.25) is 0 Å². The molecule has 0 aliphatic heterocycles. The summed E-state index contributed by atoms with van der Waals surface area (Å²) in [5, 5.41) is 4.05. The summed E-state index contributed by atoms with van der Waals surface area (Å²) in [6.07, 6.45) is 8.06. The minimum Gasteiger partial charge on any atom is -0.496 e. The van der Waals surface area contributed by atoms with Crippen molar-refractivity contribution < 1.29 is 4.74 Å². The predicted molar refractivity (Wildman–Crippen MR) is 74.4 cm³/mol. The molecule has 92 valence electrons. The molecule has 0 radical (unpaired) electrons. The smallest absolute Gasteiger partial charge is 0.122 e. The van der Waals surface area contributed by atoms with E-state index in [0.29, 0.717) is 13.0 Å². The molecule has 0 saturated carbocycles. The summed E-state index contributed by atoms with van der Waals surface area (Å²) in [5.74, 6) is 9.01. The number of terminal acetylenes is 1. The second-order valence-electron chi connectivity index (χ2n) is 3.40. The molecule has 0 aromatic heterocycles. The quantitative estimate of drug-likeness (QED) is 0.369. The molecule has 3 heteroatoms. The first kappa shape index (κ1) is 13.7. The van der Waals surface area contributed by atoms with Gasteiger partial charge in [-0.2, -0.15) is 5.10 Å². The molecule has 0 bridgehead atoms. The molecule has 0 spiro atoms. The Balaban J connectivity index is 2.33. The fraction of sp³-hybridized carbons (Fsp3) is 0.267. The number of methoxy groups -OCH3 is 1. The highest BCUT2D eigenvalue weighted by molar-refractivity contribution is 5.62. The molecule has 0 heterocycles. The number of hydrazone groups is 1. The highest BCUT2D eigenvalue weighted by Crippen LogP contribution is 2.16. The molecule has 0 aliphatic carbocycles. The molecule has 3 nitrogen and oxygen atoms in total. The Morgan fingerprint density at radius 2 is 2.22 bits per heavy atom. The van der Waals surface area contributed by atoms with Crippen molar-refractivity contribution in [2.45, 2.75) is 12.8 Å². The Hall–Kier alpha value is -2.39. The van der Waals surface area contributed by atoms with Crippen molar-refractivity contribution in [2.75, 3.05) is 13.7 Å². The topological polar surface area (TPSA) is 33.6 Å². The van der Waals surface area contributed by atoms with Crippen molar-refractivity contribution in [3.63, 3.8) is 0 Å². The maximum absolute atomic E-state index is 5.24. The highest BCUT2D eigenvalue weighted by atomic mass is 16.5. The summed E-state index contributed by atoms with van der Waals surface area (Å²) in [6, 6.07) is 7.86. The third kappa shape index (κ3) is 5.09. The van der Waals surface area contributed by atoms with Crippen molar-refractivity contribution in [1.29, 1.82) is 0 Å². The van der Waals surface area contributed by atoms with E-state index in [-0.39, 0.29) is 0 Å². The molecule has 1 N–H and O–H groups in total. The van der Waals surface area contributed by atoms with Crippen LogP contribution in [0.5, 0.6) is 5.75 Å². The monoisotopic (exact) mass is 240 g/mol. The summed E-state index contributed by atoms with van der Waals surface area (Å²) in [6.45, 7) is 0.504. The van der Waals surface area contributed by atoms with Crippen molar-refractivity contribution in [3.8, 4) is 29.9 Å². The van der Waals surface area contributed by atoms with Gasteiger partial charge in [0.2, 0.25) is 0 Å². The molecule has 0 atom stereocenters. The summed E-state index contributed by atoms with van der Waals surface area (Å²) in [4.78, 5) is 0. The molecule has 1 aromatic carbocycles. The van der Waals surface area contributed by atoms with Gasteiger partial charge in [-0.3, -0.25) is 5.43 Å². The van der Waals surface area contributed by atoms with Gasteiger partial charge in [0.25, 0.3) is 0 Å². The van der Waals surface area contributed by atoms with Crippen LogP contribution in [0.3, 0.4) is 0 Å². The first-order valence-corrected chi connectivity index (χ1v) is 5.64. The van der Waals surface area contributed by atoms with Crippen molar-refractivity contribution >= 4 is 6.21 Å². The Morgan fingerprint density at radius 1 is 1.39 bits per heavy atom. The molecule has 1 aromatic rings. The molecule has 0 unspecified atom stereocenters. The van der Waals surface area contributed by atoms with Crippen LogP contribution < -0.4 is 10.2 Å². The zero-order chi connectivity index (χ0) is 13.1. The van der Waals surface area contributed by atoms with Crippen LogP contribution in [0.15, 0.2) is 29.4 Å². The number of hydrogen-bond donors (Lipinski definition) is 1. The van der Waals surface area contributed by atoms with Gasteiger partial charge < -0.3 is 4.74 Å². The van der Waals surface area contributed by atoms with E-state index in [2.05, 4.69) is 28.3 Å². The van der Waals surface area contributed by atoms with Crippen LogP contribution in [0, 0.1) is 24.2 Å². The third-order valence-electron chi connectivity index (χ3n) is 2.17. The molecular formula is C15H16N2O. The largest absolute Gasteiger partial charge is 0.496 e. The zero-order valence-corrected chi connectivity index (χ0v) is 10.4. The van der Waals surface area contributed by atoms with E-state index in [4.69, 9.17) is 11.2 Å². The van der Waals surface area contributed by atoms with Gasteiger partial charge in [0, 0.05) is 12.6 Å². The lowest BCUT2D eigenvalue weighted by Crippen LogP contribution is -2.06. The van der Waals surface area contributed by atoms with Gasteiger partial charge in [-0.25, -0.2) is 0 Å². The molecular weight excluding hydrogens is 224 g/mol. The van der Waals surface area contributed by atoms with Crippen LogP contribution in [-0.2, 0) is 6.42 Å². The Bertz CT molecular complexity index is 489. The van der Waals surface area contributed by atoms with Gasteiger partial charge in [0.15, 0.2) is 0 Å². The molecule has 0 saturated heterocycles. The Morgan fingerprint density at radius 3 is 3.00 bits per heavy atom. The third-order valence-corrected chi connectivity index (χ3v) is 2.17. The summed E-state index contributed by atoms with van der Waals surface area (Å²) in [7, 11) is 1.66. The average Bonchev–Trinajstić information content (AvgIpc) is 2.42. The maximum Gasteiger partial charge on any atom is 0.122 e. The Labute approximate surface area is 108 Å². The number of nitrogens with one attached hydrogen (secondary N) is 1. The van der Waals surface area contributed by atoms with Crippen LogP contribution in [0.1, 0.15) is 12.0 Å². The predicted octanol–water partition coefficient (Wildman–Crippen LogP) is 1.84. The van der Waals surface area contributed by atoms with E-state index in [1.807, 2.05) is 24.3 Å². The molecule has 0 aliphatic rings. The van der Waals surface area contributed by atoms with Gasteiger partial charge in [-0.05, 0) is 11.6 Å². The van der Waals surface area contributed by atoms with E-state index < -0.39 is 0 Å². The first-order chi connectivity index (χ1) is 8.88. The maximum atomic E-state index is 5.24. The standard InChI is InChI=1S/C15H16N2O/c1-3-4-5-8-12-16-17-13-11-14-9-6-7-10-15(14)18-2/h1,6-7,9-10,13,16H,4,11-12H2,2H3/b17-13+. The molecule has 0 amide bonds. The van der Waals surface area contributed by atoms with Crippen molar-refractivity contribution in [2.24, 2.45) is 5.10 Å². The Kier molecular flexibility index (Phi) is 6.63. The van der Waals surface area contributed by atoms with Gasteiger partial charge in [0.05, 0.1) is 20.1 Å². The van der Waals surface area contributed by atoms with Gasteiger partial charge in [-0.15, -0.1) is 6.42 Å². The highest BCUT2D eigenvalue weighted by Gasteiger charge is 1.98.